The Balaban J connectivity index is 0.000000193. The number of hydrogen-bond donors (Lipinski definition) is 0. The monoisotopic (exact) mass is 769 g/mol. The van der Waals surface area contributed by atoms with Crippen molar-refractivity contribution in [2.45, 2.75) is 34.1 Å². The number of aromatic nitrogens is 2. The number of rotatable bonds is 4. The van der Waals surface area contributed by atoms with Gasteiger partial charge in [0.2, 0.25) is 0 Å². The van der Waals surface area contributed by atoms with E-state index in [1.807, 2.05) is 92.0 Å². The van der Waals surface area contributed by atoms with Gasteiger partial charge >= 0.3 is 0 Å². The molecule has 0 amide bonds. The Hall–Kier alpha value is -4.44. The molecule has 0 unspecified atom stereocenters. The smallest absolute Gasteiger partial charge is 0.134 e. The fourth-order valence-corrected chi connectivity index (χ4v) is 5.41. The van der Waals surface area contributed by atoms with Gasteiger partial charge in [-0.25, -0.2) is 4.39 Å². The Kier molecular flexibility index (Phi) is 9.72. The van der Waals surface area contributed by atoms with E-state index >= 15 is 0 Å². The number of furan rings is 1. The fraction of sp³-hybridized carbons (Fsp3) is 0.150. The Morgan fingerprint density at radius 3 is 2.20 bits per heavy atom. The fourth-order valence-electron chi connectivity index (χ4n) is 5.41. The van der Waals surface area contributed by atoms with Gasteiger partial charge in [0.1, 0.15) is 11.4 Å². The molecule has 0 atom stereocenters. The largest absolute Gasteiger partial charge is 0.500 e. The Bertz CT molecular complexity index is 2050. The van der Waals surface area contributed by atoms with E-state index in [2.05, 4.69) is 55.0 Å². The summed E-state index contributed by atoms with van der Waals surface area (Å²) >= 11 is 0. The third-order valence-electron chi connectivity index (χ3n) is 7.33. The molecule has 5 heteroatoms. The summed E-state index contributed by atoms with van der Waals surface area (Å²) in [5.41, 5.74) is 8.88. The summed E-state index contributed by atoms with van der Waals surface area (Å²) in [5.74, 6) is -0.299. The van der Waals surface area contributed by atoms with Crippen LogP contribution >= 0.6 is 0 Å². The van der Waals surface area contributed by atoms with Gasteiger partial charge in [-0.05, 0) is 60.0 Å². The van der Waals surface area contributed by atoms with Crippen LogP contribution in [0, 0.1) is 30.3 Å². The number of hydrogen-bond acceptors (Lipinski definition) is 3. The van der Waals surface area contributed by atoms with Gasteiger partial charge in [0.15, 0.2) is 0 Å². The van der Waals surface area contributed by atoms with E-state index in [4.69, 9.17) is 4.42 Å². The van der Waals surface area contributed by atoms with Crippen LogP contribution in [0.3, 0.4) is 0 Å². The first-order chi connectivity index (χ1) is 21.3. The zero-order valence-electron chi connectivity index (χ0n) is 25.7. The Morgan fingerprint density at radius 1 is 0.733 bits per heavy atom. The quantitative estimate of drug-likeness (QED) is 0.167. The molecule has 0 fully saturated rings. The molecule has 1 radical (unpaired) electrons. The third kappa shape index (κ3) is 7.28. The average molecular weight is 769 g/mol. The van der Waals surface area contributed by atoms with Crippen molar-refractivity contribution in [3.8, 4) is 33.6 Å². The standard InChI is InChI=1S/C24H15FNO.C16H18N.Ir/c1-15-12-13-26-21(14-15)19-9-5-8-17-18-10-11-20(25)22(24(18)27-23(17)19)16-6-3-2-4-7-16;1-16(2,3)12-13-9-10-17-15(11-13)14-7-5-4-6-8-14;/h2-8,10-14H,1H3;4-7,9-11H,12H2,1-3H3;/q2*-1;. The molecule has 3 heterocycles. The molecule has 0 saturated heterocycles. The predicted octanol–water partition coefficient (Wildman–Crippen LogP) is 10.7. The molecule has 4 aromatic carbocycles. The Morgan fingerprint density at radius 2 is 1.47 bits per heavy atom. The van der Waals surface area contributed by atoms with Crippen molar-refractivity contribution >= 4 is 21.9 Å². The van der Waals surface area contributed by atoms with Gasteiger partial charge in [0.25, 0.3) is 0 Å². The SMILES string of the molecule is CC(C)(C)Cc1ccnc(-c2[c-]cccc2)c1.Cc1ccnc(-c2[c-]ccc3c2oc2c(-c4ccccc4)c(F)ccc23)c1.[Ir]. The molecule has 0 aliphatic carbocycles. The van der Waals surface area contributed by atoms with Crippen molar-refractivity contribution in [3.63, 3.8) is 0 Å². The van der Waals surface area contributed by atoms with Crippen LogP contribution in [0.5, 0.6) is 0 Å². The van der Waals surface area contributed by atoms with Gasteiger partial charge < -0.3 is 14.4 Å². The number of halogens is 1. The van der Waals surface area contributed by atoms with Gasteiger partial charge in [0, 0.05) is 37.9 Å². The van der Waals surface area contributed by atoms with Crippen LogP contribution in [-0.2, 0) is 26.5 Å². The van der Waals surface area contributed by atoms with E-state index in [0.29, 0.717) is 22.1 Å². The van der Waals surface area contributed by atoms with Crippen LogP contribution in [-0.4, -0.2) is 9.97 Å². The number of benzene rings is 4. The summed E-state index contributed by atoms with van der Waals surface area (Å²) in [6, 6.07) is 39.2. The second-order valence-corrected chi connectivity index (χ2v) is 12.1. The van der Waals surface area contributed by atoms with Gasteiger partial charge in [-0.2, -0.15) is 0 Å². The molecule has 0 spiro atoms. The molecule has 0 aliphatic heterocycles. The summed E-state index contributed by atoms with van der Waals surface area (Å²) < 4.78 is 21.0. The first kappa shape index (κ1) is 32.0. The molecule has 45 heavy (non-hydrogen) atoms. The second-order valence-electron chi connectivity index (χ2n) is 12.1. The first-order valence-corrected chi connectivity index (χ1v) is 14.7. The van der Waals surface area contributed by atoms with Crippen LogP contribution in [0.25, 0.3) is 55.6 Å². The average Bonchev–Trinajstić information content (AvgIpc) is 3.40. The van der Waals surface area contributed by atoms with Crippen molar-refractivity contribution in [3.05, 3.63) is 145 Å². The molecular weight excluding hydrogens is 736 g/mol. The van der Waals surface area contributed by atoms with E-state index in [1.165, 1.54) is 11.6 Å². The molecule has 0 N–H and O–H groups in total. The van der Waals surface area contributed by atoms with Crippen LogP contribution in [0.2, 0.25) is 0 Å². The zero-order valence-corrected chi connectivity index (χ0v) is 28.1. The summed E-state index contributed by atoms with van der Waals surface area (Å²) in [7, 11) is 0. The normalized spacial score (nSPS) is 11.1. The summed E-state index contributed by atoms with van der Waals surface area (Å²) in [6.45, 7) is 8.78. The predicted molar refractivity (Wildman–Crippen MR) is 178 cm³/mol. The first-order valence-electron chi connectivity index (χ1n) is 14.7. The second kappa shape index (κ2) is 13.7. The number of pyridine rings is 2. The molecular formula is C40H33FIrN2O-2. The van der Waals surface area contributed by atoms with Crippen molar-refractivity contribution in [2.24, 2.45) is 5.41 Å². The van der Waals surface area contributed by atoms with E-state index < -0.39 is 0 Å². The molecule has 0 saturated carbocycles. The van der Waals surface area contributed by atoms with Gasteiger partial charge in [-0.3, -0.25) is 0 Å². The maximum atomic E-state index is 14.7. The maximum absolute atomic E-state index is 14.7. The molecule has 0 bridgehead atoms. The van der Waals surface area contributed by atoms with Crippen LogP contribution in [0.15, 0.2) is 120 Å². The van der Waals surface area contributed by atoms with E-state index in [-0.39, 0.29) is 25.9 Å². The maximum Gasteiger partial charge on any atom is 0.134 e. The molecule has 0 aliphatic rings. The zero-order chi connectivity index (χ0) is 30.7. The number of nitrogens with zero attached hydrogens (tertiary/aromatic N) is 2. The minimum atomic E-state index is -0.299. The number of fused-ring (bicyclic) bond motifs is 3. The summed E-state index contributed by atoms with van der Waals surface area (Å²) in [6.07, 6.45) is 4.72. The van der Waals surface area contributed by atoms with Gasteiger partial charge in [0.05, 0.1) is 11.1 Å². The molecule has 7 rings (SSSR count). The van der Waals surface area contributed by atoms with E-state index in [0.717, 1.165) is 50.8 Å². The van der Waals surface area contributed by atoms with E-state index in [9.17, 15) is 4.39 Å². The topological polar surface area (TPSA) is 38.9 Å². The summed E-state index contributed by atoms with van der Waals surface area (Å²) in [5, 5.41) is 1.81. The minimum Gasteiger partial charge on any atom is -0.500 e. The molecule has 7 aromatic rings. The van der Waals surface area contributed by atoms with Crippen LogP contribution in [0.4, 0.5) is 4.39 Å². The van der Waals surface area contributed by atoms with Gasteiger partial charge in [-0.1, -0.05) is 85.3 Å². The van der Waals surface area contributed by atoms with Crippen molar-refractivity contribution in [1.82, 2.24) is 9.97 Å². The molecule has 227 valence electrons. The van der Waals surface area contributed by atoms with Gasteiger partial charge in [-0.15, -0.1) is 54.1 Å². The van der Waals surface area contributed by atoms with Crippen molar-refractivity contribution in [1.29, 1.82) is 0 Å². The van der Waals surface area contributed by atoms with Crippen molar-refractivity contribution < 1.29 is 28.9 Å². The van der Waals surface area contributed by atoms with E-state index in [1.54, 1.807) is 12.3 Å². The van der Waals surface area contributed by atoms with Crippen LogP contribution in [0.1, 0.15) is 31.9 Å². The number of aryl methyl sites for hydroxylation is 1. The third-order valence-corrected chi connectivity index (χ3v) is 7.33. The molecule has 3 nitrogen and oxygen atoms in total. The molecule has 3 aromatic heterocycles. The van der Waals surface area contributed by atoms with Crippen LogP contribution < -0.4 is 0 Å². The summed E-state index contributed by atoms with van der Waals surface area (Å²) in [4.78, 5) is 8.87. The van der Waals surface area contributed by atoms with Crippen molar-refractivity contribution in [2.75, 3.05) is 0 Å². The minimum absolute atomic E-state index is 0. The Labute approximate surface area is 277 Å².